The molecule has 0 aliphatic carbocycles. The van der Waals surface area contributed by atoms with Crippen LogP contribution in [0.1, 0.15) is 0 Å². The minimum absolute atomic E-state index is 0. The van der Waals surface area contributed by atoms with E-state index in [2.05, 4.69) is 0 Å². The summed E-state index contributed by atoms with van der Waals surface area (Å²) in [6, 6.07) is 7.52. The van der Waals surface area contributed by atoms with Crippen LogP contribution in [0.25, 0.3) is 0 Å². The molecule has 13 heavy (non-hydrogen) atoms. The number of anilines is 1. The molecule has 0 fully saturated rings. The predicted octanol–water partition coefficient (Wildman–Crippen LogP) is 2.66. The highest BCUT2D eigenvalue weighted by Crippen LogP contribution is 2.37. The molecule has 1 N–H and O–H groups in total. The lowest BCUT2D eigenvalue weighted by Crippen LogP contribution is -2.25. The third-order valence-electron chi connectivity index (χ3n) is 1.74. The van der Waals surface area contributed by atoms with Crippen molar-refractivity contribution >= 4 is 35.9 Å². The van der Waals surface area contributed by atoms with Gasteiger partial charge in [-0.25, -0.2) is 4.79 Å². The van der Waals surface area contributed by atoms with Crippen LogP contribution >= 0.6 is 24.2 Å². The number of hydrogen-bond donors (Lipinski definition) is 1. The minimum atomic E-state index is -0.882. The average Bonchev–Trinajstić information content (AvgIpc) is 2.47. The van der Waals surface area contributed by atoms with E-state index < -0.39 is 6.09 Å². The molecule has 1 aromatic rings. The molecule has 1 aliphatic heterocycles. The average molecular weight is 218 g/mol. The lowest BCUT2D eigenvalue weighted by Gasteiger charge is -2.10. The molecule has 0 aromatic heterocycles. The van der Waals surface area contributed by atoms with Gasteiger partial charge in [0.15, 0.2) is 0 Å². The first-order chi connectivity index (χ1) is 5.79. The summed E-state index contributed by atoms with van der Waals surface area (Å²) in [4.78, 5) is 13.1. The fourth-order valence-electron chi connectivity index (χ4n) is 1.16. The van der Waals surface area contributed by atoms with E-state index in [0.29, 0.717) is 5.88 Å². The second-order valence-electron chi connectivity index (χ2n) is 2.45. The fraction of sp³-hybridized carbons (Fsp3) is 0.125. The molecule has 0 radical (unpaired) electrons. The van der Waals surface area contributed by atoms with E-state index >= 15 is 0 Å². The van der Waals surface area contributed by atoms with Gasteiger partial charge in [-0.05, 0) is 12.1 Å². The van der Waals surface area contributed by atoms with Crippen LogP contribution in [0.3, 0.4) is 0 Å². The van der Waals surface area contributed by atoms with Crippen LogP contribution in [-0.4, -0.2) is 17.1 Å². The van der Waals surface area contributed by atoms with Gasteiger partial charge in [0.25, 0.3) is 0 Å². The molecule has 0 saturated carbocycles. The molecule has 1 aromatic carbocycles. The number of fused-ring (bicyclic) bond motifs is 1. The number of halogens is 1. The Morgan fingerprint density at radius 1 is 1.46 bits per heavy atom. The third-order valence-corrected chi connectivity index (χ3v) is 2.78. The molecule has 0 bridgehead atoms. The summed E-state index contributed by atoms with van der Waals surface area (Å²) in [6.45, 7) is 0. The highest BCUT2D eigenvalue weighted by molar-refractivity contribution is 8.00. The molecule has 1 heterocycles. The van der Waals surface area contributed by atoms with Gasteiger partial charge in [0, 0.05) is 4.90 Å². The molecule has 5 heteroatoms. The Labute approximate surface area is 86.1 Å². The number of carboxylic acid groups (broad SMARTS) is 1. The number of amides is 1. The van der Waals surface area contributed by atoms with E-state index in [0.717, 1.165) is 10.6 Å². The first-order valence-electron chi connectivity index (χ1n) is 3.51. The van der Waals surface area contributed by atoms with Crippen molar-refractivity contribution in [1.82, 2.24) is 0 Å². The van der Waals surface area contributed by atoms with Crippen molar-refractivity contribution in [2.24, 2.45) is 0 Å². The Hall–Kier alpha value is -0.870. The Morgan fingerprint density at radius 3 is 2.85 bits per heavy atom. The Bertz CT molecular complexity index is 332. The number of rotatable bonds is 0. The summed E-state index contributed by atoms with van der Waals surface area (Å²) < 4.78 is 0. The van der Waals surface area contributed by atoms with E-state index in [1.54, 1.807) is 11.8 Å². The van der Waals surface area contributed by atoms with E-state index in [4.69, 9.17) is 5.11 Å². The number of nitrogens with zero attached hydrogens (tertiary/aromatic N) is 1. The van der Waals surface area contributed by atoms with Gasteiger partial charge < -0.3 is 5.11 Å². The molecule has 0 spiro atoms. The van der Waals surface area contributed by atoms with E-state index in [9.17, 15) is 4.79 Å². The van der Waals surface area contributed by atoms with E-state index in [-0.39, 0.29) is 12.4 Å². The minimum Gasteiger partial charge on any atom is -0.465 e. The molecule has 70 valence electrons. The van der Waals surface area contributed by atoms with Gasteiger partial charge in [-0.1, -0.05) is 12.1 Å². The molecular formula is C8H8ClNO2S. The SMILES string of the molecule is Cl.O=C(O)N1CSc2ccccc21. The lowest BCUT2D eigenvalue weighted by molar-refractivity contribution is 0.203. The van der Waals surface area contributed by atoms with Crippen molar-refractivity contribution in [1.29, 1.82) is 0 Å². The maximum atomic E-state index is 10.7. The fourth-order valence-corrected chi connectivity index (χ4v) is 2.18. The van der Waals surface area contributed by atoms with E-state index in [1.807, 2.05) is 24.3 Å². The summed E-state index contributed by atoms with van der Waals surface area (Å²) in [5.41, 5.74) is 0.801. The van der Waals surface area contributed by atoms with Crippen molar-refractivity contribution in [3.63, 3.8) is 0 Å². The van der Waals surface area contributed by atoms with E-state index in [1.165, 1.54) is 4.90 Å². The normalized spacial score (nSPS) is 13.4. The van der Waals surface area contributed by atoms with Crippen LogP contribution in [0.15, 0.2) is 29.2 Å². The molecular weight excluding hydrogens is 210 g/mol. The largest absolute Gasteiger partial charge is 0.465 e. The quantitative estimate of drug-likeness (QED) is 0.727. The predicted molar refractivity (Wildman–Crippen MR) is 54.9 cm³/mol. The molecule has 0 unspecified atom stereocenters. The Morgan fingerprint density at radius 2 is 2.15 bits per heavy atom. The van der Waals surface area contributed by atoms with Crippen LogP contribution in [0.2, 0.25) is 0 Å². The molecule has 0 atom stereocenters. The van der Waals surface area contributed by atoms with Gasteiger partial charge in [-0.3, -0.25) is 4.90 Å². The molecule has 2 rings (SSSR count). The van der Waals surface area contributed by atoms with Crippen molar-refractivity contribution in [3.05, 3.63) is 24.3 Å². The van der Waals surface area contributed by atoms with Crippen LogP contribution < -0.4 is 4.90 Å². The van der Waals surface area contributed by atoms with Crippen LogP contribution in [0.4, 0.5) is 10.5 Å². The lowest BCUT2D eigenvalue weighted by atomic mass is 10.3. The van der Waals surface area contributed by atoms with Gasteiger partial charge in [-0.2, -0.15) is 0 Å². The van der Waals surface area contributed by atoms with Crippen molar-refractivity contribution < 1.29 is 9.90 Å². The second kappa shape index (κ2) is 3.89. The third kappa shape index (κ3) is 1.73. The number of para-hydroxylation sites is 1. The van der Waals surface area contributed by atoms with Gasteiger partial charge in [0.1, 0.15) is 0 Å². The monoisotopic (exact) mass is 217 g/mol. The Balaban J connectivity index is 0.000000845. The summed E-state index contributed by atoms with van der Waals surface area (Å²) in [7, 11) is 0. The summed E-state index contributed by atoms with van der Waals surface area (Å²) >= 11 is 1.55. The maximum absolute atomic E-state index is 10.7. The molecule has 1 aliphatic rings. The zero-order valence-electron chi connectivity index (χ0n) is 6.64. The van der Waals surface area contributed by atoms with Gasteiger partial charge >= 0.3 is 6.09 Å². The summed E-state index contributed by atoms with van der Waals surface area (Å²) in [6.07, 6.45) is -0.882. The molecule has 1 amide bonds. The Kier molecular flexibility index (Phi) is 3.06. The first kappa shape index (κ1) is 10.2. The smallest absolute Gasteiger partial charge is 0.412 e. The zero-order chi connectivity index (χ0) is 8.55. The van der Waals surface area contributed by atoms with Gasteiger partial charge in [0.2, 0.25) is 0 Å². The topological polar surface area (TPSA) is 40.5 Å². The van der Waals surface area contributed by atoms with Crippen LogP contribution in [0.5, 0.6) is 0 Å². The summed E-state index contributed by atoms with van der Waals surface area (Å²) in [5, 5.41) is 8.77. The van der Waals surface area contributed by atoms with Gasteiger partial charge in [0.05, 0.1) is 11.6 Å². The van der Waals surface area contributed by atoms with Crippen LogP contribution in [-0.2, 0) is 0 Å². The maximum Gasteiger partial charge on any atom is 0.412 e. The van der Waals surface area contributed by atoms with Crippen LogP contribution in [0, 0.1) is 0 Å². The standard InChI is InChI=1S/C8H7NO2S.ClH/c10-8(11)9-5-12-7-4-2-1-3-6(7)9;/h1-4H,5H2,(H,10,11);1H. The zero-order valence-corrected chi connectivity index (χ0v) is 8.27. The molecule has 0 saturated heterocycles. The molecule has 3 nitrogen and oxygen atoms in total. The summed E-state index contributed by atoms with van der Waals surface area (Å²) in [5.74, 6) is 0.509. The van der Waals surface area contributed by atoms with Crippen molar-refractivity contribution in [3.8, 4) is 0 Å². The number of hydrogen-bond acceptors (Lipinski definition) is 2. The highest BCUT2D eigenvalue weighted by atomic mass is 35.5. The first-order valence-corrected chi connectivity index (χ1v) is 4.50. The highest BCUT2D eigenvalue weighted by Gasteiger charge is 2.23. The number of carbonyl (C=O) groups is 1. The second-order valence-corrected chi connectivity index (χ2v) is 3.44. The van der Waals surface area contributed by atoms with Gasteiger partial charge in [-0.15, -0.1) is 24.2 Å². The van der Waals surface area contributed by atoms with Crippen molar-refractivity contribution in [2.75, 3.05) is 10.8 Å². The number of benzene rings is 1. The van der Waals surface area contributed by atoms with Crippen molar-refractivity contribution in [2.45, 2.75) is 4.90 Å². The number of thioether (sulfide) groups is 1.